The molecule has 0 saturated carbocycles. The number of methoxy groups -OCH3 is 1. The Morgan fingerprint density at radius 2 is 2.07 bits per heavy atom. The Labute approximate surface area is 175 Å². The van der Waals surface area contributed by atoms with Gasteiger partial charge >= 0.3 is 0 Å². The van der Waals surface area contributed by atoms with Crippen LogP contribution < -0.4 is 10.1 Å². The van der Waals surface area contributed by atoms with Crippen molar-refractivity contribution in [1.29, 1.82) is 0 Å². The molecule has 1 amide bonds. The number of nitrogens with zero attached hydrogens (tertiary/aromatic N) is 2. The van der Waals surface area contributed by atoms with E-state index in [9.17, 15) is 4.79 Å². The number of amides is 1. The maximum absolute atomic E-state index is 12.5. The summed E-state index contributed by atoms with van der Waals surface area (Å²) >= 11 is 14.1. The molecule has 1 atom stereocenters. The van der Waals surface area contributed by atoms with Crippen molar-refractivity contribution in [2.45, 2.75) is 16.5 Å². The second-order valence-corrected chi connectivity index (χ2v) is 9.15. The van der Waals surface area contributed by atoms with E-state index in [0.717, 1.165) is 10.0 Å². The summed E-state index contributed by atoms with van der Waals surface area (Å²) in [5, 5.41) is 7.72. The number of nitrogens with one attached hydrogen (secondary N) is 1. The van der Waals surface area contributed by atoms with Gasteiger partial charge in [0, 0.05) is 16.8 Å². The highest BCUT2D eigenvalue weighted by Gasteiger charge is 2.18. The number of aromatic nitrogens is 2. The van der Waals surface area contributed by atoms with Gasteiger partial charge in [-0.2, -0.15) is 0 Å². The summed E-state index contributed by atoms with van der Waals surface area (Å²) in [5.74, 6) is 0.570. The molecule has 9 heteroatoms. The largest absolute Gasteiger partial charge is 0.497 e. The molecule has 5 nitrogen and oxygen atoms in total. The molecule has 0 spiro atoms. The van der Waals surface area contributed by atoms with E-state index in [4.69, 9.17) is 28.6 Å². The molecule has 0 radical (unpaired) electrons. The predicted molar refractivity (Wildman–Crippen MR) is 114 cm³/mol. The first-order valence-corrected chi connectivity index (χ1v) is 10.4. The van der Waals surface area contributed by atoms with E-state index in [1.807, 2.05) is 37.3 Å². The van der Waals surface area contributed by atoms with E-state index in [-0.39, 0.29) is 11.2 Å². The van der Waals surface area contributed by atoms with E-state index >= 15 is 0 Å². The Kier molecular flexibility index (Phi) is 6.54. The lowest BCUT2D eigenvalue weighted by atomic mass is 10.3. The van der Waals surface area contributed by atoms with E-state index in [1.54, 1.807) is 30.0 Å². The third-order valence-corrected chi connectivity index (χ3v) is 6.25. The van der Waals surface area contributed by atoms with Crippen LogP contribution in [0.2, 0.25) is 5.02 Å². The average Bonchev–Trinajstić information content (AvgIpc) is 3.02. The van der Waals surface area contributed by atoms with Crippen LogP contribution in [0.3, 0.4) is 0 Å². The summed E-state index contributed by atoms with van der Waals surface area (Å²) in [6.45, 7) is 1.83. The first kappa shape index (κ1) is 19.9. The minimum absolute atomic E-state index is 0.118. The monoisotopic (exact) mass is 437 g/mol. The van der Waals surface area contributed by atoms with Gasteiger partial charge in [0.25, 0.3) is 0 Å². The van der Waals surface area contributed by atoms with Crippen LogP contribution in [-0.2, 0) is 4.79 Å². The van der Waals surface area contributed by atoms with Gasteiger partial charge in [-0.3, -0.25) is 4.79 Å². The molecule has 2 aromatic carbocycles. The molecular formula is C18H16ClN3O2S3. The van der Waals surface area contributed by atoms with Crippen molar-refractivity contribution in [2.75, 3.05) is 12.4 Å². The van der Waals surface area contributed by atoms with Gasteiger partial charge in [0.1, 0.15) is 5.75 Å². The van der Waals surface area contributed by atoms with E-state index < -0.39 is 0 Å². The fraction of sp³-hybridized carbons (Fsp3) is 0.167. The number of carbonyl (C=O) groups excluding carboxylic acids is 1. The molecule has 0 aliphatic carbocycles. The number of ether oxygens (including phenoxy) is 1. The Morgan fingerprint density at radius 1 is 1.33 bits per heavy atom. The molecule has 0 fully saturated rings. The Balaban J connectivity index is 1.69. The Bertz CT molecular complexity index is 1000. The lowest BCUT2D eigenvalue weighted by molar-refractivity contribution is -0.115. The zero-order valence-corrected chi connectivity index (χ0v) is 17.7. The van der Waals surface area contributed by atoms with Crippen LogP contribution >= 0.6 is 46.9 Å². The van der Waals surface area contributed by atoms with Crippen molar-refractivity contribution < 1.29 is 9.53 Å². The summed E-state index contributed by atoms with van der Waals surface area (Å²) in [4.78, 5) is 12.5. The SMILES string of the molecule is COc1cccc(NC(=O)C(C)Sc2nn(-c3ccc(Cl)cc3)c(=S)s2)c1. The summed E-state index contributed by atoms with van der Waals surface area (Å²) in [5.41, 5.74) is 1.52. The summed E-state index contributed by atoms with van der Waals surface area (Å²) < 4.78 is 8.18. The highest BCUT2D eigenvalue weighted by molar-refractivity contribution is 8.02. The highest BCUT2D eigenvalue weighted by atomic mass is 35.5. The lowest BCUT2D eigenvalue weighted by Crippen LogP contribution is -2.22. The Morgan fingerprint density at radius 3 is 2.78 bits per heavy atom. The molecule has 1 heterocycles. The van der Waals surface area contributed by atoms with E-state index in [1.165, 1.54) is 23.1 Å². The predicted octanol–water partition coefficient (Wildman–Crippen LogP) is 5.44. The molecule has 3 rings (SSSR count). The number of carbonyl (C=O) groups is 1. The molecule has 0 aliphatic rings. The summed E-state index contributed by atoms with van der Waals surface area (Å²) in [6, 6.07) is 14.5. The second kappa shape index (κ2) is 8.88. The molecule has 1 aromatic heterocycles. The third-order valence-electron chi connectivity index (χ3n) is 3.58. The van der Waals surface area contributed by atoms with E-state index in [2.05, 4.69) is 10.4 Å². The Hall–Kier alpha value is -1.87. The van der Waals surface area contributed by atoms with Gasteiger partial charge in [-0.05, 0) is 55.5 Å². The minimum Gasteiger partial charge on any atom is -0.497 e. The number of thioether (sulfide) groups is 1. The topological polar surface area (TPSA) is 56.1 Å². The lowest BCUT2D eigenvalue weighted by Gasteiger charge is -2.11. The minimum atomic E-state index is -0.338. The van der Waals surface area contributed by atoms with Crippen molar-refractivity contribution in [3.63, 3.8) is 0 Å². The second-order valence-electron chi connectivity index (χ2n) is 5.50. The van der Waals surface area contributed by atoms with Gasteiger partial charge < -0.3 is 10.1 Å². The van der Waals surface area contributed by atoms with Crippen LogP contribution in [-0.4, -0.2) is 28.0 Å². The molecule has 140 valence electrons. The van der Waals surface area contributed by atoms with Crippen LogP contribution in [0.15, 0.2) is 52.9 Å². The van der Waals surface area contributed by atoms with Crippen molar-refractivity contribution in [1.82, 2.24) is 9.78 Å². The van der Waals surface area contributed by atoms with Crippen molar-refractivity contribution in [2.24, 2.45) is 0 Å². The summed E-state index contributed by atoms with van der Waals surface area (Å²) in [7, 11) is 1.59. The molecule has 3 aromatic rings. The van der Waals surface area contributed by atoms with Crippen LogP contribution in [0.5, 0.6) is 5.75 Å². The van der Waals surface area contributed by atoms with Crippen LogP contribution in [0.25, 0.3) is 5.69 Å². The van der Waals surface area contributed by atoms with Gasteiger partial charge in [0.05, 0.1) is 18.0 Å². The number of benzene rings is 2. The number of rotatable bonds is 6. The molecule has 1 N–H and O–H groups in total. The maximum Gasteiger partial charge on any atom is 0.237 e. The third kappa shape index (κ3) is 5.10. The normalized spacial score (nSPS) is 11.8. The zero-order valence-electron chi connectivity index (χ0n) is 14.5. The van der Waals surface area contributed by atoms with Gasteiger partial charge in [-0.1, -0.05) is 40.8 Å². The smallest absolute Gasteiger partial charge is 0.237 e. The van der Waals surface area contributed by atoms with Gasteiger partial charge in [0.15, 0.2) is 8.29 Å². The highest BCUT2D eigenvalue weighted by Crippen LogP contribution is 2.29. The standard InChI is InChI=1S/C18H16ClN3O2S3/c1-11(16(23)20-13-4-3-5-15(10-13)24-2)26-17-21-22(18(25)27-17)14-8-6-12(19)7-9-14/h3-11H,1-2H3,(H,20,23). The summed E-state index contributed by atoms with van der Waals surface area (Å²) in [6.07, 6.45) is 0. The van der Waals surface area contributed by atoms with Crippen LogP contribution in [0.1, 0.15) is 6.92 Å². The van der Waals surface area contributed by atoms with Crippen molar-refractivity contribution >= 4 is 58.5 Å². The van der Waals surface area contributed by atoms with Crippen molar-refractivity contribution in [3.8, 4) is 11.4 Å². The average molecular weight is 438 g/mol. The first-order valence-electron chi connectivity index (χ1n) is 7.94. The molecule has 27 heavy (non-hydrogen) atoms. The molecule has 0 bridgehead atoms. The number of hydrogen-bond acceptors (Lipinski definition) is 6. The van der Waals surface area contributed by atoms with Gasteiger partial charge in [-0.25, -0.2) is 4.68 Å². The number of hydrogen-bond donors (Lipinski definition) is 1. The van der Waals surface area contributed by atoms with Crippen molar-refractivity contribution in [3.05, 3.63) is 57.5 Å². The molecule has 0 aliphatic heterocycles. The van der Waals surface area contributed by atoms with Crippen LogP contribution in [0, 0.1) is 3.95 Å². The fourth-order valence-corrected chi connectivity index (χ4v) is 4.83. The van der Waals surface area contributed by atoms with Gasteiger partial charge in [-0.15, -0.1) is 5.10 Å². The molecular weight excluding hydrogens is 422 g/mol. The first-order chi connectivity index (χ1) is 13.0. The zero-order chi connectivity index (χ0) is 19.4. The van der Waals surface area contributed by atoms with Gasteiger partial charge in [0.2, 0.25) is 5.91 Å². The van der Waals surface area contributed by atoms with Crippen LogP contribution in [0.4, 0.5) is 5.69 Å². The quantitative estimate of drug-likeness (QED) is 0.410. The number of anilines is 1. The number of halogens is 1. The van der Waals surface area contributed by atoms with E-state index in [0.29, 0.717) is 20.4 Å². The molecule has 1 unspecified atom stereocenters. The maximum atomic E-state index is 12.5. The fourth-order valence-electron chi connectivity index (χ4n) is 2.20. The molecule has 0 saturated heterocycles.